The Kier molecular flexibility index (Phi) is 5.06. The first-order chi connectivity index (χ1) is 13.8. The molecule has 7 heteroatoms. The normalized spacial score (nSPS) is 11.8. The van der Waals surface area contributed by atoms with Gasteiger partial charge in [-0.2, -0.15) is 0 Å². The topological polar surface area (TPSA) is 109 Å². The molecule has 2 aromatic carbocycles. The van der Waals surface area contributed by atoms with Crippen molar-refractivity contribution in [1.29, 1.82) is 0 Å². The number of Topliss-reactive ketones (excluding diaryl/α,β-unsaturated/α-hetero) is 1. The van der Waals surface area contributed by atoms with Crippen molar-refractivity contribution >= 4 is 40.5 Å². The van der Waals surface area contributed by atoms with E-state index in [-0.39, 0.29) is 39.2 Å². The highest BCUT2D eigenvalue weighted by molar-refractivity contribution is 6.34. The van der Waals surface area contributed by atoms with Gasteiger partial charge >= 0.3 is 0 Å². The van der Waals surface area contributed by atoms with Crippen molar-refractivity contribution in [3.05, 3.63) is 83.5 Å². The highest BCUT2D eigenvalue weighted by Gasteiger charge is 2.36. The molecule has 0 saturated heterocycles. The lowest BCUT2D eigenvalue weighted by molar-refractivity contribution is -0.112. The van der Waals surface area contributed by atoms with Crippen LogP contribution in [0.3, 0.4) is 0 Å². The Bertz CT molecular complexity index is 1140. The Labute approximate surface area is 166 Å². The number of carbonyl (C=O) groups is 5. The molecule has 0 radical (unpaired) electrons. The Hall–Kier alpha value is -4.13. The molecule has 0 aliphatic heterocycles. The second-order valence-corrected chi connectivity index (χ2v) is 6.24. The molecule has 2 N–H and O–H groups in total. The molecule has 0 fully saturated rings. The maximum atomic E-state index is 13.3. The molecule has 144 valence electrons. The van der Waals surface area contributed by atoms with Crippen LogP contribution >= 0.6 is 0 Å². The van der Waals surface area contributed by atoms with Crippen LogP contribution in [0.5, 0.6) is 0 Å². The number of ketones is 3. The van der Waals surface area contributed by atoms with Crippen LogP contribution in [-0.4, -0.2) is 29.2 Å². The van der Waals surface area contributed by atoms with Crippen molar-refractivity contribution in [3.63, 3.8) is 0 Å². The summed E-state index contributed by atoms with van der Waals surface area (Å²) in [5.41, 5.74) is -0.0963. The second kappa shape index (κ2) is 7.47. The lowest BCUT2D eigenvalue weighted by Gasteiger charge is -2.24. The van der Waals surface area contributed by atoms with E-state index < -0.39 is 29.2 Å². The fraction of sp³-hybridized carbons (Fsp3) is 0.0455. The first kappa shape index (κ1) is 19.6. The maximum Gasteiger partial charge on any atom is 0.247 e. The number of hydrogen-bond donors (Lipinski definition) is 2. The van der Waals surface area contributed by atoms with Crippen LogP contribution in [0, 0.1) is 0 Å². The van der Waals surface area contributed by atoms with Crippen LogP contribution in [0.15, 0.2) is 55.6 Å². The van der Waals surface area contributed by atoms with E-state index in [4.69, 9.17) is 0 Å². The first-order valence-corrected chi connectivity index (χ1v) is 8.57. The predicted octanol–water partition coefficient (Wildman–Crippen LogP) is 2.91. The molecule has 0 heterocycles. The van der Waals surface area contributed by atoms with Gasteiger partial charge in [-0.05, 0) is 25.1 Å². The minimum absolute atomic E-state index is 0.0143. The van der Waals surface area contributed by atoms with Crippen LogP contribution in [0.4, 0.5) is 11.4 Å². The summed E-state index contributed by atoms with van der Waals surface area (Å²) in [5, 5.41) is 4.94. The molecule has 0 spiro atoms. The van der Waals surface area contributed by atoms with Crippen molar-refractivity contribution < 1.29 is 24.0 Å². The van der Waals surface area contributed by atoms with E-state index in [9.17, 15) is 24.0 Å². The third-order valence-electron chi connectivity index (χ3n) is 4.45. The van der Waals surface area contributed by atoms with Crippen molar-refractivity contribution in [2.45, 2.75) is 6.92 Å². The highest BCUT2D eigenvalue weighted by atomic mass is 16.2. The van der Waals surface area contributed by atoms with Gasteiger partial charge < -0.3 is 10.6 Å². The summed E-state index contributed by atoms with van der Waals surface area (Å²) in [6, 6.07) is 7.46. The van der Waals surface area contributed by atoms with E-state index in [2.05, 4.69) is 23.8 Å². The van der Waals surface area contributed by atoms with E-state index in [1.54, 1.807) is 12.1 Å². The zero-order valence-corrected chi connectivity index (χ0v) is 15.5. The molecule has 7 nitrogen and oxygen atoms in total. The van der Waals surface area contributed by atoms with Crippen molar-refractivity contribution in [1.82, 2.24) is 0 Å². The fourth-order valence-corrected chi connectivity index (χ4v) is 3.16. The van der Waals surface area contributed by atoms with E-state index >= 15 is 0 Å². The molecular weight excluding hydrogens is 372 g/mol. The fourth-order valence-electron chi connectivity index (χ4n) is 3.16. The molecule has 0 aromatic heterocycles. The summed E-state index contributed by atoms with van der Waals surface area (Å²) < 4.78 is 0. The Balaban J connectivity index is 2.41. The number of benzene rings is 2. The van der Waals surface area contributed by atoms with Crippen molar-refractivity contribution in [2.24, 2.45) is 0 Å². The van der Waals surface area contributed by atoms with Gasteiger partial charge in [-0.1, -0.05) is 37.4 Å². The van der Waals surface area contributed by atoms with E-state index in [0.717, 1.165) is 12.2 Å². The summed E-state index contributed by atoms with van der Waals surface area (Å²) >= 11 is 0. The molecule has 29 heavy (non-hydrogen) atoms. The summed E-state index contributed by atoms with van der Waals surface area (Å²) in [4.78, 5) is 62.6. The van der Waals surface area contributed by atoms with Crippen LogP contribution in [0.2, 0.25) is 0 Å². The molecule has 0 saturated carbocycles. The number of rotatable bonds is 5. The van der Waals surface area contributed by atoms with Gasteiger partial charge in [0.2, 0.25) is 11.8 Å². The van der Waals surface area contributed by atoms with Gasteiger partial charge in [-0.3, -0.25) is 24.0 Å². The van der Waals surface area contributed by atoms with Crippen LogP contribution in [-0.2, 0) is 9.59 Å². The number of carbonyl (C=O) groups excluding carboxylic acids is 5. The summed E-state index contributed by atoms with van der Waals surface area (Å²) in [5.74, 6) is -2.81. The largest absolute Gasteiger partial charge is 0.322 e. The van der Waals surface area contributed by atoms with Crippen LogP contribution < -0.4 is 10.6 Å². The van der Waals surface area contributed by atoms with E-state index in [0.29, 0.717) is 0 Å². The van der Waals surface area contributed by atoms with Gasteiger partial charge in [0.15, 0.2) is 17.3 Å². The maximum absolute atomic E-state index is 13.3. The number of amides is 2. The third kappa shape index (κ3) is 3.29. The quantitative estimate of drug-likeness (QED) is 0.516. The molecule has 0 unspecified atom stereocenters. The minimum Gasteiger partial charge on any atom is -0.322 e. The number of anilines is 2. The first-order valence-electron chi connectivity index (χ1n) is 8.57. The van der Waals surface area contributed by atoms with Gasteiger partial charge in [0, 0.05) is 16.7 Å². The lowest BCUT2D eigenvalue weighted by atomic mass is 9.80. The zero-order chi connectivity index (χ0) is 21.3. The van der Waals surface area contributed by atoms with Gasteiger partial charge in [0.1, 0.15) is 0 Å². The Morgan fingerprint density at radius 2 is 1.38 bits per heavy atom. The summed E-state index contributed by atoms with van der Waals surface area (Å²) in [6.45, 7) is 7.97. The van der Waals surface area contributed by atoms with Crippen molar-refractivity contribution in [2.75, 3.05) is 10.6 Å². The third-order valence-corrected chi connectivity index (χ3v) is 4.45. The second-order valence-electron chi connectivity index (χ2n) is 6.24. The van der Waals surface area contributed by atoms with Gasteiger partial charge in [-0.15, -0.1) is 0 Å². The zero-order valence-electron chi connectivity index (χ0n) is 15.5. The monoisotopic (exact) mass is 388 g/mol. The molecule has 2 amide bonds. The average Bonchev–Trinajstić information content (AvgIpc) is 2.71. The van der Waals surface area contributed by atoms with Gasteiger partial charge in [0.05, 0.1) is 22.5 Å². The Morgan fingerprint density at radius 3 is 1.90 bits per heavy atom. The van der Waals surface area contributed by atoms with E-state index in [1.165, 1.54) is 25.1 Å². The molecule has 0 atom stereocenters. The molecule has 2 aromatic rings. The lowest BCUT2D eigenvalue weighted by Crippen LogP contribution is -2.27. The van der Waals surface area contributed by atoms with E-state index in [1.807, 2.05) is 0 Å². The predicted molar refractivity (Wildman–Crippen MR) is 107 cm³/mol. The molecule has 1 aliphatic rings. The van der Waals surface area contributed by atoms with Crippen LogP contribution in [0.1, 0.15) is 49.1 Å². The summed E-state index contributed by atoms with van der Waals surface area (Å²) in [7, 11) is 0. The molecular formula is C22H16N2O5. The highest BCUT2D eigenvalue weighted by Crippen LogP contribution is 2.39. The SMILES string of the molecule is C=CC(=O)Nc1cc(C(C)=O)c(NC(=O)C=C)c2c1C(=O)c1ccccc1C2=O. The van der Waals surface area contributed by atoms with Crippen molar-refractivity contribution in [3.8, 4) is 0 Å². The minimum atomic E-state index is -0.656. The average molecular weight is 388 g/mol. The standard InChI is InChI=1S/C22H16N2O5/c1-4-16(26)23-15-10-14(11(3)25)20(24-17(27)5-2)19-18(15)21(28)12-8-6-7-9-13(12)22(19)29/h4-10H,1-2H2,3H3,(H,23,26)(H,24,27). The number of fused-ring (bicyclic) bond motifs is 2. The number of hydrogen-bond acceptors (Lipinski definition) is 5. The smallest absolute Gasteiger partial charge is 0.247 e. The van der Waals surface area contributed by atoms with Gasteiger partial charge in [0.25, 0.3) is 0 Å². The number of nitrogens with one attached hydrogen (secondary N) is 2. The molecule has 3 rings (SSSR count). The van der Waals surface area contributed by atoms with Crippen LogP contribution in [0.25, 0.3) is 0 Å². The Morgan fingerprint density at radius 1 is 0.862 bits per heavy atom. The molecule has 0 bridgehead atoms. The molecule has 1 aliphatic carbocycles. The summed E-state index contributed by atoms with van der Waals surface area (Å²) in [6.07, 6.45) is 1.98. The van der Waals surface area contributed by atoms with Gasteiger partial charge in [-0.25, -0.2) is 0 Å².